The lowest BCUT2D eigenvalue weighted by atomic mass is 9.89. The molecule has 0 radical (unpaired) electrons. The predicted molar refractivity (Wildman–Crippen MR) is 82.7 cm³/mol. The van der Waals surface area contributed by atoms with Crippen LogP contribution in [0.1, 0.15) is 30.4 Å². The molecular weight excluding hydrogens is 283 g/mol. The largest absolute Gasteiger partial charge is 0.507 e. The van der Waals surface area contributed by atoms with E-state index in [4.69, 9.17) is 4.42 Å². The lowest BCUT2D eigenvalue weighted by Crippen LogP contribution is -2.13. The summed E-state index contributed by atoms with van der Waals surface area (Å²) in [6, 6.07) is 12.8. The Hall–Kier alpha value is -2.62. The SMILES string of the molecule is CC[C@H](c1ccc(F)cc1)c1c(O)c2ccccc2oc1=O. The second-order valence-electron chi connectivity index (χ2n) is 5.16. The number of halogens is 1. The van der Waals surface area contributed by atoms with E-state index in [2.05, 4.69) is 0 Å². The smallest absolute Gasteiger partial charge is 0.343 e. The number of hydrogen-bond donors (Lipinski definition) is 1. The Morgan fingerprint density at radius 1 is 1.14 bits per heavy atom. The van der Waals surface area contributed by atoms with E-state index in [1.165, 1.54) is 12.1 Å². The van der Waals surface area contributed by atoms with Crippen LogP contribution in [0.15, 0.2) is 57.7 Å². The van der Waals surface area contributed by atoms with Gasteiger partial charge in [-0.05, 0) is 36.2 Å². The third-order valence-corrected chi connectivity index (χ3v) is 3.85. The summed E-state index contributed by atoms with van der Waals surface area (Å²) >= 11 is 0. The Balaban J connectivity index is 2.23. The van der Waals surface area contributed by atoms with Crippen LogP contribution < -0.4 is 5.63 Å². The molecule has 0 aliphatic rings. The lowest BCUT2D eigenvalue weighted by molar-refractivity contribution is 0.450. The molecule has 3 rings (SSSR count). The van der Waals surface area contributed by atoms with Crippen LogP contribution in [0.25, 0.3) is 11.0 Å². The molecule has 0 bridgehead atoms. The molecule has 0 saturated heterocycles. The van der Waals surface area contributed by atoms with Crippen molar-refractivity contribution in [2.45, 2.75) is 19.3 Å². The van der Waals surface area contributed by atoms with E-state index in [9.17, 15) is 14.3 Å². The fourth-order valence-corrected chi connectivity index (χ4v) is 2.76. The molecule has 2 aromatic carbocycles. The number of rotatable bonds is 3. The van der Waals surface area contributed by atoms with E-state index in [0.29, 0.717) is 17.4 Å². The second-order valence-corrected chi connectivity index (χ2v) is 5.16. The molecule has 1 aromatic heterocycles. The fraction of sp³-hybridized carbons (Fsp3) is 0.167. The van der Waals surface area contributed by atoms with Gasteiger partial charge in [0.15, 0.2) is 0 Å². The number of aromatic hydroxyl groups is 1. The van der Waals surface area contributed by atoms with Crippen LogP contribution in [0.2, 0.25) is 0 Å². The minimum Gasteiger partial charge on any atom is -0.507 e. The van der Waals surface area contributed by atoms with Gasteiger partial charge in [0.25, 0.3) is 0 Å². The van der Waals surface area contributed by atoms with Crippen LogP contribution >= 0.6 is 0 Å². The minimum atomic E-state index is -0.563. The zero-order valence-corrected chi connectivity index (χ0v) is 12.0. The van der Waals surface area contributed by atoms with E-state index < -0.39 is 5.63 Å². The number of para-hydroxylation sites is 1. The standard InChI is InChI=1S/C18H15FO3/c1-2-13(11-7-9-12(19)10-8-11)16-17(20)14-5-3-4-6-15(14)22-18(16)21/h3-10,13,20H,2H2,1H3/t13-/m1/s1. The van der Waals surface area contributed by atoms with Crippen LogP contribution in [0.4, 0.5) is 4.39 Å². The minimum absolute atomic E-state index is 0.0666. The Morgan fingerprint density at radius 3 is 2.50 bits per heavy atom. The molecule has 0 spiro atoms. The highest BCUT2D eigenvalue weighted by Gasteiger charge is 2.23. The van der Waals surface area contributed by atoms with Gasteiger partial charge in [-0.3, -0.25) is 0 Å². The summed E-state index contributed by atoms with van der Waals surface area (Å²) in [5, 5.41) is 11.0. The maximum absolute atomic E-state index is 13.1. The van der Waals surface area contributed by atoms with Gasteiger partial charge < -0.3 is 9.52 Å². The van der Waals surface area contributed by atoms with E-state index in [-0.39, 0.29) is 23.0 Å². The molecule has 1 atom stereocenters. The number of hydrogen-bond acceptors (Lipinski definition) is 3. The Morgan fingerprint density at radius 2 is 1.82 bits per heavy atom. The summed E-state index contributed by atoms with van der Waals surface area (Å²) in [5.74, 6) is -0.752. The summed E-state index contributed by atoms with van der Waals surface area (Å²) < 4.78 is 18.4. The lowest BCUT2D eigenvalue weighted by Gasteiger charge is -2.16. The summed E-state index contributed by atoms with van der Waals surface area (Å²) in [4.78, 5) is 12.3. The molecule has 1 heterocycles. The summed E-state index contributed by atoms with van der Waals surface area (Å²) in [5.41, 5.74) is 0.768. The van der Waals surface area contributed by atoms with Crippen molar-refractivity contribution >= 4 is 11.0 Å². The zero-order valence-electron chi connectivity index (χ0n) is 12.0. The van der Waals surface area contributed by atoms with Crippen LogP contribution in [0, 0.1) is 5.82 Å². The van der Waals surface area contributed by atoms with Crippen LogP contribution in [-0.4, -0.2) is 5.11 Å². The van der Waals surface area contributed by atoms with Crippen molar-refractivity contribution in [2.75, 3.05) is 0 Å². The first-order valence-corrected chi connectivity index (χ1v) is 7.12. The van der Waals surface area contributed by atoms with E-state index in [1.54, 1.807) is 36.4 Å². The quantitative estimate of drug-likeness (QED) is 0.738. The number of fused-ring (bicyclic) bond motifs is 1. The molecule has 0 aliphatic carbocycles. The topological polar surface area (TPSA) is 50.4 Å². The molecule has 4 heteroatoms. The average Bonchev–Trinajstić information content (AvgIpc) is 2.52. The molecular formula is C18H15FO3. The van der Waals surface area contributed by atoms with Crippen molar-refractivity contribution in [1.29, 1.82) is 0 Å². The van der Waals surface area contributed by atoms with Gasteiger partial charge in [-0.15, -0.1) is 0 Å². The average molecular weight is 298 g/mol. The van der Waals surface area contributed by atoms with E-state index in [0.717, 1.165) is 5.56 Å². The third-order valence-electron chi connectivity index (χ3n) is 3.85. The summed E-state index contributed by atoms with van der Waals surface area (Å²) in [6.45, 7) is 1.90. The molecule has 3 aromatic rings. The molecule has 112 valence electrons. The monoisotopic (exact) mass is 298 g/mol. The Bertz CT molecular complexity index is 866. The molecule has 22 heavy (non-hydrogen) atoms. The van der Waals surface area contributed by atoms with Gasteiger partial charge in [-0.25, -0.2) is 9.18 Å². The highest BCUT2D eigenvalue weighted by molar-refractivity contribution is 5.84. The van der Waals surface area contributed by atoms with Crippen LogP contribution in [0.5, 0.6) is 5.75 Å². The predicted octanol–water partition coefficient (Wildman–Crippen LogP) is 4.18. The molecule has 0 amide bonds. The first-order chi connectivity index (χ1) is 10.6. The molecule has 1 N–H and O–H groups in total. The molecule has 0 fully saturated rings. The molecule has 3 nitrogen and oxygen atoms in total. The fourth-order valence-electron chi connectivity index (χ4n) is 2.76. The van der Waals surface area contributed by atoms with Gasteiger partial charge >= 0.3 is 5.63 Å². The van der Waals surface area contributed by atoms with Crippen molar-refractivity contribution in [3.05, 3.63) is 75.9 Å². The van der Waals surface area contributed by atoms with E-state index >= 15 is 0 Å². The highest BCUT2D eigenvalue weighted by Crippen LogP contribution is 2.35. The first-order valence-electron chi connectivity index (χ1n) is 7.12. The molecule has 0 saturated carbocycles. The Kier molecular flexibility index (Phi) is 3.67. The van der Waals surface area contributed by atoms with Crippen LogP contribution in [0.3, 0.4) is 0 Å². The maximum atomic E-state index is 13.1. The van der Waals surface area contributed by atoms with Gasteiger partial charge in [0.2, 0.25) is 0 Å². The van der Waals surface area contributed by atoms with Gasteiger partial charge in [0.05, 0.1) is 10.9 Å². The van der Waals surface area contributed by atoms with Gasteiger partial charge in [-0.1, -0.05) is 31.2 Å². The summed E-state index contributed by atoms with van der Waals surface area (Å²) in [7, 11) is 0. The van der Waals surface area contributed by atoms with Crippen molar-refractivity contribution < 1.29 is 13.9 Å². The van der Waals surface area contributed by atoms with Crippen molar-refractivity contribution in [3.8, 4) is 5.75 Å². The highest BCUT2D eigenvalue weighted by atomic mass is 19.1. The molecule has 0 unspecified atom stereocenters. The van der Waals surface area contributed by atoms with Crippen LogP contribution in [-0.2, 0) is 0 Å². The van der Waals surface area contributed by atoms with Gasteiger partial charge in [-0.2, -0.15) is 0 Å². The van der Waals surface area contributed by atoms with Crippen molar-refractivity contribution in [2.24, 2.45) is 0 Å². The molecule has 0 aliphatic heterocycles. The maximum Gasteiger partial charge on any atom is 0.343 e. The number of benzene rings is 2. The second kappa shape index (κ2) is 5.64. The van der Waals surface area contributed by atoms with E-state index in [1.807, 2.05) is 6.92 Å². The van der Waals surface area contributed by atoms with Gasteiger partial charge in [0, 0.05) is 5.92 Å². The normalized spacial score (nSPS) is 12.5. The van der Waals surface area contributed by atoms with Crippen molar-refractivity contribution in [3.63, 3.8) is 0 Å². The third kappa shape index (κ3) is 2.37. The zero-order chi connectivity index (χ0) is 15.7. The Labute approximate surface area is 126 Å². The summed E-state index contributed by atoms with van der Waals surface area (Å²) in [6.07, 6.45) is 0.586. The van der Waals surface area contributed by atoms with Crippen molar-refractivity contribution in [1.82, 2.24) is 0 Å². The van der Waals surface area contributed by atoms with Gasteiger partial charge in [0.1, 0.15) is 17.1 Å². The first kappa shape index (κ1) is 14.3.